The Bertz CT molecular complexity index is 503. The van der Waals surface area contributed by atoms with Gasteiger partial charge in [-0.05, 0) is 49.4 Å². The van der Waals surface area contributed by atoms with Gasteiger partial charge in [0.25, 0.3) is 0 Å². The Balaban J connectivity index is 1.85. The van der Waals surface area contributed by atoms with Crippen molar-refractivity contribution in [2.24, 2.45) is 0 Å². The van der Waals surface area contributed by atoms with E-state index < -0.39 is 5.97 Å². The van der Waals surface area contributed by atoms with Crippen LogP contribution in [0, 0.1) is 5.82 Å². The molecule has 3 rings (SSSR count). The van der Waals surface area contributed by atoms with E-state index in [-0.39, 0.29) is 24.3 Å². The van der Waals surface area contributed by atoms with Crippen molar-refractivity contribution in [1.29, 1.82) is 0 Å². The van der Waals surface area contributed by atoms with Crippen LogP contribution in [0.25, 0.3) is 0 Å². The zero-order valence-corrected chi connectivity index (χ0v) is 10.8. The summed E-state index contributed by atoms with van der Waals surface area (Å²) in [5, 5.41) is 8.99. The van der Waals surface area contributed by atoms with E-state index >= 15 is 0 Å². The minimum atomic E-state index is -0.741. The Morgan fingerprint density at radius 1 is 1.42 bits per heavy atom. The predicted molar refractivity (Wildman–Crippen MR) is 69.4 cm³/mol. The Morgan fingerprint density at radius 3 is 3.05 bits per heavy atom. The second-order valence-electron chi connectivity index (χ2n) is 5.49. The van der Waals surface area contributed by atoms with E-state index in [9.17, 15) is 9.18 Å². The van der Waals surface area contributed by atoms with Crippen LogP contribution in [0.4, 0.5) is 4.39 Å². The van der Waals surface area contributed by atoms with Gasteiger partial charge in [-0.2, -0.15) is 0 Å². The first-order chi connectivity index (χ1) is 9.16. The van der Waals surface area contributed by atoms with E-state index in [1.807, 2.05) is 6.07 Å². The van der Waals surface area contributed by atoms with Crippen LogP contribution in [-0.2, 0) is 11.2 Å². The number of hydrogen-bond donors (Lipinski definition) is 1. The van der Waals surface area contributed by atoms with Crippen LogP contribution >= 0.6 is 0 Å². The molecule has 4 heteroatoms. The first-order valence-electron chi connectivity index (χ1n) is 6.91. The van der Waals surface area contributed by atoms with Crippen LogP contribution in [0.5, 0.6) is 0 Å². The molecule has 1 saturated heterocycles. The predicted octanol–water partition coefficient (Wildman–Crippen LogP) is 2.75. The molecule has 0 bridgehead atoms. The Hall–Kier alpha value is -1.42. The number of benzene rings is 1. The van der Waals surface area contributed by atoms with Gasteiger partial charge < -0.3 is 5.11 Å². The van der Waals surface area contributed by atoms with Gasteiger partial charge in [0.1, 0.15) is 5.82 Å². The third-order valence-electron chi connectivity index (χ3n) is 4.42. The van der Waals surface area contributed by atoms with Crippen molar-refractivity contribution in [3.63, 3.8) is 0 Å². The number of nitrogens with zero attached hydrogens (tertiary/aromatic N) is 1. The van der Waals surface area contributed by atoms with Gasteiger partial charge in [-0.1, -0.05) is 12.1 Å². The quantitative estimate of drug-likeness (QED) is 0.911. The molecule has 1 aliphatic carbocycles. The average molecular weight is 263 g/mol. The first-order valence-corrected chi connectivity index (χ1v) is 6.91. The van der Waals surface area contributed by atoms with Crippen molar-refractivity contribution in [2.75, 3.05) is 6.54 Å². The smallest absolute Gasteiger partial charge is 0.304 e. The van der Waals surface area contributed by atoms with E-state index in [0.717, 1.165) is 43.4 Å². The molecule has 1 aliphatic heterocycles. The van der Waals surface area contributed by atoms with Crippen molar-refractivity contribution in [3.8, 4) is 0 Å². The minimum Gasteiger partial charge on any atom is -0.481 e. The average Bonchev–Trinajstić information content (AvgIpc) is 2.95. The Labute approximate surface area is 112 Å². The SMILES string of the molecule is O=C(O)CC1CCCN1C1CCc2c(F)cccc21. The van der Waals surface area contributed by atoms with E-state index in [2.05, 4.69) is 4.90 Å². The summed E-state index contributed by atoms with van der Waals surface area (Å²) in [6.07, 6.45) is 3.85. The Kier molecular flexibility index (Phi) is 3.27. The summed E-state index contributed by atoms with van der Waals surface area (Å²) >= 11 is 0. The summed E-state index contributed by atoms with van der Waals surface area (Å²) in [5.74, 6) is -0.858. The third kappa shape index (κ3) is 2.25. The summed E-state index contributed by atoms with van der Waals surface area (Å²) in [5.41, 5.74) is 1.89. The molecule has 1 heterocycles. The van der Waals surface area contributed by atoms with Gasteiger partial charge >= 0.3 is 5.97 Å². The van der Waals surface area contributed by atoms with Gasteiger partial charge in [-0.3, -0.25) is 9.69 Å². The van der Waals surface area contributed by atoms with Crippen molar-refractivity contribution in [3.05, 3.63) is 35.1 Å². The normalized spacial score (nSPS) is 26.6. The van der Waals surface area contributed by atoms with E-state index in [0.29, 0.717) is 0 Å². The van der Waals surface area contributed by atoms with Gasteiger partial charge in [0.2, 0.25) is 0 Å². The molecule has 2 unspecified atom stereocenters. The topological polar surface area (TPSA) is 40.5 Å². The molecule has 102 valence electrons. The van der Waals surface area contributed by atoms with Crippen molar-refractivity contribution in [1.82, 2.24) is 4.90 Å². The highest BCUT2D eigenvalue weighted by molar-refractivity contribution is 5.67. The number of hydrogen-bond acceptors (Lipinski definition) is 2. The fourth-order valence-electron chi connectivity index (χ4n) is 3.62. The maximum Gasteiger partial charge on any atom is 0.304 e. The second kappa shape index (κ2) is 4.93. The van der Waals surface area contributed by atoms with Crippen LogP contribution in [-0.4, -0.2) is 28.6 Å². The lowest BCUT2D eigenvalue weighted by molar-refractivity contribution is -0.138. The lowest BCUT2D eigenvalue weighted by Gasteiger charge is -2.30. The van der Waals surface area contributed by atoms with Gasteiger partial charge in [0, 0.05) is 12.1 Å². The first kappa shape index (κ1) is 12.6. The third-order valence-corrected chi connectivity index (χ3v) is 4.42. The molecule has 2 atom stereocenters. The van der Waals surface area contributed by atoms with Crippen LogP contribution in [0.15, 0.2) is 18.2 Å². The molecule has 0 saturated carbocycles. The molecule has 3 nitrogen and oxygen atoms in total. The van der Waals surface area contributed by atoms with E-state index in [1.165, 1.54) is 6.07 Å². The number of aliphatic carboxylic acids is 1. The van der Waals surface area contributed by atoms with Crippen LogP contribution in [0.1, 0.15) is 42.9 Å². The summed E-state index contributed by atoms with van der Waals surface area (Å²) in [6.45, 7) is 0.929. The highest BCUT2D eigenvalue weighted by Gasteiger charge is 2.36. The fourth-order valence-corrected chi connectivity index (χ4v) is 3.62. The van der Waals surface area contributed by atoms with Gasteiger partial charge in [0.05, 0.1) is 6.42 Å². The molecule has 1 N–H and O–H groups in total. The second-order valence-corrected chi connectivity index (χ2v) is 5.49. The molecule has 0 aromatic heterocycles. The summed E-state index contributed by atoms with van der Waals surface area (Å²) in [7, 11) is 0. The summed E-state index contributed by atoms with van der Waals surface area (Å²) in [4.78, 5) is 13.2. The molecule has 1 aromatic carbocycles. The number of fused-ring (bicyclic) bond motifs is 1. The fraction of sp³-hybridized carbons (Fsp3) is 0.533. The monoisotopic (exact) mass is 263 g/mol. The molecule has 0 spiro atoms. The lowest BCUT2D eigenvalue weighted by atomic mass is 10.0. The molecule has 1 fully saturated rings. The van der Waals surface area contributed by atoms with Gasteiger partial charge in [-0.25, -0.2) is 4.39 Å². The van der Waals surface area contributed by atoms with Crippen LogP contribution in [0.3, 0.4) is 0 Å². The summed E-state index contributed by atoms with van der Waals surface area (Å²) in [6, 6.07) is 5.58. The Morgan fingerprint density at radius 2 is 2.26 bits per heavy atom. The lowest BCUT2D eigenvalue weighted by Crippen LogP contribution is -2.34. The number of likely N-dealkylation sites (tertiary alicyclic amines) is 1. The highest BCUT2D eigenvalue weighted by Crippen LogP contribution is 2.40. The van der Waals surface area contributed by atoms with Gasteiger partial charge in [-0.15, -0.1) is 0 Å². The minimum absolute atomic E-state index is 0.108. The van der Waals surface area contributed by atoms with Crippen LogP contribution < -0.4 is 0 Å². The number of halogens is 1. The largest absolute Gasteiger partial charge is 0.481 e. The standard InChI is InChI=1S/C15H18FNO2/c16-13-5-1-4-12-11(13)6-7-14(12)17-8-2-3-10(17)9-15(18)19/h1,4-5,10,14H,2-3,6-9H2,(H,18,19). The number of carboxylic acids is 1. The molecular formula is C15H18FNO2. The van der Waals surface area contributed by atoms with Crippen molar-refractivity contribution in [2.45, 2.75) is 44.2 Å². The molecule has 1 aromatic rings. The van der Waals surface area contributed by atoms with E-state index in [4.69, 9.17) is 5.11 Å². The number of carboxylic acid groups (broad SMARTS) is 1. The van der Waals surface area contributed by atoms with Crippen molar-refractivity contribution < 1.29 is 14.3 Å². The molecular weight excluding hydrogens is 245 g/mol. The zero-order valence-electron chi connectivity index (χ0n) is 10.8. The maximum absolute atomic E-state index is 13.7. The molecule has 2 aliphatic rings. The number of carbonyl (C=O) groups is 1. The highest BCUT2D eigenvalue weighted by atomic mass is 19.1. The van der Waals surface area contributed by atoms with Crippen molar-refractivity contribution >= 4 is 5.97 Å². The van der Waals surface area contributed by atoms with E-state index in [1.54, 1.807) is 6.07 Å². The summed E-state index contributed by atoms with van der Waals surface area (Å²) < 4.78 is 13.7. The molecule has 0 radical (unpaired) electrons. The molecule has 19 heavy (non-hydrogen) atoms. The van der Waals surface area contributed by atoms with Gasteiger partial charge in [0.15, 0.2) is 0 Å². The number of rotatable bonds is 3. The maximum atomic E-state index is 13.7. The molecule has 0 amide bonds. The zero-order chi connectivity index (χ0) is 13.4. The van der Waals surface area contributed by atoms with Crippen LogP contribution in [0.2, 0.25) is 0 Å².